The molecular weight excluding hydrogens is 222 g/mol. The number of aromatic carboxylic acids is 1. The Morgan fingerprint density at radius 1 is 1.53 bits per heavy atom. The Hall–Kier alpha value is -1.75. The summed E-state index contributed by atoms with van der Waals surface area (Å²) in [6.07, 6.45) is 2.11. The Labute approximate surface area is 99.1 Å². The van der Waals surface area contributed by atoms with Crippen molar-refractivity contribution in [2.45, 2.75) is 18.8 Å². The molecule has 1 aromatic carbocycles. The molecule has 0 radical (unpaired) electrons. The Balaban J connectivity index is 2.37. The molecule has 0 heterocycles. The lowest BCUT2D eigenvalue weighted by atomic mass is 10.0. The van der Waals surface area contributed by atoms with E-state index in [1.165, 1.54) is 13.2 Å². The molecular formula is C12H15NO4. The van der Waals surface area contributed by atoms with E-state index in [1.54, 1.807) is 6.07 Å². The average Bonchev–Trinajstić information content (AvgIpc) is 3.11. The van der Waals surface area contributed by atoms with Crippen molar-refractivity contribution >= 4 is 11.7 Å². The molecule has 1 aromatic rings. The number of benzene rings is 1. The maximum absolute atomic E-state index is 11.0. The minimum Gasteiger partial charge on any atom is -0.478 e. The van der Waals surface area contributed by atoms with E-state index in [0.29, 0.717) is 17.4 Å². The van der Waals surface area contributed by atoms with E-state index < -0.39 is 5.97 Å². The third kappa shape index (κ3) is 2.50. The van der Waals surface area contributed by atoms with Crippen molar-refractivity contribution in [1.29, 1.82) is 0 Å². The van der Waals surface area contributed by atoms with Crippen LogP contribution in [0.5, 0.6) is 5.75 Å². The summed E-state index contributed by atoms with van der Waals surface area (Å²) in [6.45, 7) is 0.0530. The Kier molecular flexibility index (Phi) is 3.19. The molecule has 5 heteroatoms. The molecule has 0 aliphatic heterocycles. The van der Waals surface area contributed by atoms with Crippen LogP contribution >= 0.6 is 0 Å². The highest BCUT2D eigenvalue weighted by Gasteiger charge is 2.28. The second-order valence-electron chi connectivity index (χ2n) is 4.11. The van der Waals surface area contributed by atoms with Crippen LogP contribution < -0.4 is 10.5 Å². The van der Waals surface area contributed by atoms with E-state index in [4.69, 9.17) is 20.3 Å². The first-order chi connectivity index (χ1) is 8.13. The SMILES string of the molecule is COCOc1cc(C(=O)O)cc(C2CC2)c1N. The smallest absolute Gasteiger partial charge is 0.335 e. The Bertz CT molecular complexity index is 440. The molecule has 0 atom stereocenters. The molecule has 0 saturated heterocycles. The summed E-state index contributed by atoms with van der Waals surface area (Å²) in [4.78, 5) is 11.0. The van der Waals surface area contributed by atoms with Crippen LogP contribution in [0.3, 0.4) is 0 Å². The van der Waals surface area contributed by atoms with Crippen molar-refractivity contribution in [2.75, 3.05) is 19.6 Å². The second kappa shape index (κ2) is 4.63. The van der Waals surface area contributed by atoms with Crippen LogP contribution in [0.15, 0.2) is 12.1 Å². The van der Waals surface area contributed by atoms with Gasteiger partial charge in [-0.2, -0.15) is 0 Å². The lowest BCUT2D eigenvalue weighted by molar-refractivity contribution is 0.0512. The van der Waals surface area contributed by atoms with Gasteiger partial charge in [0.25, 0.3) is 0 Å². The van der Waals surface area contributed by atoms with E-state index in [9.17, 15) is 4.79 Å². The molecule has 1 aliphatic rings. The lowest BCUT2D eigenvalue weighted by Gasteiger charge is -2.12. The van der Waals surface area contributed by atoms with Crippen molar-refractivity contribution in [3.63, 3.8) is 0 Å². The fourth-order valence-electron chi connectivity index (χ4n) is 1.75. The van der Waals surface area contributed by atoms with Crippen LogP contribution in [0.1, 0.15) is 34.7 Å². The molecule has 1 saturated carbocycles. The summed E-state index contributed by atoms with van der Waals surface area (Å²) in [5.74, 6) is -0.220. The van der Waals surface area contributed by atoms with Gasteiger partial charge in [0.05, 0.1) is 11.3 Å². The molecule has 0 aromatic heterocycles. The summed E-state index contributed by atoms with van der Waals surface area (Å²) < 4.78 is 10.1. The molecule has 3 N–H and O–H groups in total. The van der Waals surface area contributed by atoms with Gasteiger partial charge < -0.3 is 20.3 Å². The van der Waals surface area contributed by atoms with E-state index in [0.717, 1.165) is 18.4 Å². The van der Waals surface area contributed by atoms with Crippen LogP contribution in [0.2, 0.25) is 0 Å². The van der Waals surface area contributed by atoms with Gasteiger partial charge in [0.1, 0.15) is 5.75 Å². The largest absolute Gasteiger partial charge is 0.478 e. The van der Waals surface area contributed by atoms with E-state index in [-0.39, 0.29) is 12.4 Å². The van der Waals surface area contributed by atoms with Crippen LogP contribution in [0.25, 0.3) is 0 Å². The van der Waals surface area contributed by atoms with Crippen molar-refractivity contribution in [2.24, 2.45) is 0 Å². The number of nitrogens with two attached hydrogens (primary N) is 1. The maximum atomic E-state index is 11.0. The van der Waals surface area contributed by atoms with Crippen LogP contribution in [0.4, 0.5) is 5.69 Å². The van der Waals surface area contributed by atoms with Crippen LogP contribution in [-0.4, -0.2) is 25.0 Å². The predicted molar refractivity (Wildman–Crippen MR) is 62.3 cm³/mol. The first kappa shape index (κ1) is 11.7. The normalized spacial score (nSPS) is 14.6. The zero-order valence-electron chi connectivity index (χ0n) is 9.60. The first-order valence-electron chi connectivity index (χ1n) is 5.42. The zero-order valence-corrected chi connectivity index (χ0v) is 9.60. The van der Waals surface area contributed by atoms with Crippen molar-refractivity contribution in [3.05, 3.63) is 23.3 Å². The molecule has 92 valence electrons. The van der Waals surface area contributed by atoms with Crippen LogP contribution in [-0.2, 0) is 4.74 Å². The number of carbonyl (C=O) groups is 1. The summed E-state index contributed by atoms with van der Waals surface area (Å²) in [7, 11) is 1.50. The quantitative estimate of drug-likeness (QED) is 0.603. The maximum Gasteiger partial charge on any atom is 0.335 e. The fraction of sp³-hybridized carbons (Fsp3) is 0.417. The number of carboxylic acid groups (broad SMARTS) is 1. The standard InChI is InChI=1S/C12H15NO4/c1-16-6-17-10-5-8(12(14)15)4-9(11(10)13)7-2-3-7/h4-5,7H,2-3,6,13H2,1H3,(H,14,15). The third-order valence-corrected chi connectivity index (χ3v) is 2.77. The highest BCUT2D eigenvalue weighted by atomic mass is 16.7. The van der Waals surface area contributed by atoms with Gasteiger partial charge >= 0.3 is 5.97 Å². The second-order valence-corrected chi connectivity index (χ2v) is 4.11. The van der Waals surface area contributed by atoms with Crippen molar-refractivity contribution in [3.8, 4) is 5.75 Å². The minimum absolute atomic E-state index is 0.0530. The van der Waals surface area contributed by atoms with Crippen LogP contribution in [0, 0.1) is 0 Å². The summed E-state index contributed by atoms with van der Waals surface area (Å²) in [6, 6.07) is 3.07. The Morgan fingerprint density at radius 3 is 2.76 bits per heavy atom. The summed E-state index contributed by atoms with van der Waals surface area (Å²) in [5.41, 5.74) is 7.56. The van der Waals surface area contributed by atoms with Gasteiger partial charge in [-0.25, -0.2) is 4.79 Å². The van der Waals surface area contributed by atoms with E-state index in [2.05, 4.69) is 0 Å². The molecule has 1 aliphatic carbocycles. The highest BCUT2D eigenvalue weighted by molar-refractivity contribution is 5.90. The highest BCUT2D eigenvalue weighted by Crippen LogP contribution is 2.45. The number of ether oxygens (including phenoxy) is 2. The van der Waals surface area contributed by atoms with Gasteiger partial charge in [-0.3, -0.25) is 0 Å². The monoisotopic (exact) mass is 237 g/mol. The number of carboxylic acids is 1. The van der Waals surface area contributed by atoms with E-state index >= 15 is 0 Å². The summed E-state index contributed by atoms with van der Waals surface area (Å²) >= 11 is 0. The van der Waals surface area contributed by atoms with Crippen molar-refractivity contribution in [1.82, 2.24) is 0 Å². The minimum atomic E-state index is -0.978. The van der Waals surface area contributed by atoms with Gasteiger partial charge in [0, 0.05) is 7.11 Å². The molecule has 17 heavy (non-hydrogen) atoms. The van der Waals surface area contributed by atoms with Gasteiger partial charge in [-0.15, -0.1) is 0 Å². The number of anilines is 1. The number of nitrogen functional groups attached to an aromatic ring is 1. The van der Waals surface area contributed by atoms with Gasteiger partial charge in [-0.1, -0.05) is 0 Å². The van der Waals surface area contributed by atoms with Gasteiger partial charge in [-0.05, 0) is 36.5 Å². The Morgan fingerprint density at radius 2 is 2.24 bits per heavy atom. The van der Waals surface area contributed by atoms with Gasteiger partial charge in [0.15, 0.2) is 6.79 Å². The number of hydrogen-bond donors (Lipinski definition) is 2. The number of hydrogen-bond acceptors (Lipinski definition) is 4. The topological polar surface area (TPSA) is 81.8 Å². The fourth-order valence-corrected chi connectivity index (χ4v) is 1.75. The molecule has 0 amide bonds. The third-order valence-electron chi connectivity index (χ3n) is 2.77. The number of methoxy groups -OCH3 is 1. The van der Waals surface area contributed by atoms with E-state index in [1.807, 2.05) is 0 Å². The number of rotatable bonds is 5. The predicted octanol–water partition coefficient (Wildman–Crippen LogP) is 1.83. The first-order valence-corrected chi connectivity index (χ1v) is 5.42. The molecule has 5 nitrogen and oxygen atoms in total. The lowest BCUT2D eigenvalue weighted by Crippen LogP contribution is -2.07. The molecule has 0 bridgehead atoms. The molecule has 2 rings (SSSR count). The van der Waals surface area contributed by atoms with Gasteiger partial charge in [0.2, 0.25) is 0 Å². The molecule has 0 unspecified atom stereocenters. The molecule has 0 spiro atoms. The summed E-state index contributed by atoms with van der Waals surface area (Å²) in [5, 5.41) is 9.02. The zero-order chi connectivity index (χ0) is 12.4. The molecule has 1 fully saturated rings. The average molecular weight is 237 g/mol. The van der Waals surface area contributed by atoms with Crippen molar-refractivity contribution < 1.29 is 19.4 Å².